The summed E-state index contributed by atoms with van der Waals surface area (Å²) < 4.78 is 5.35. The van der Waals surface area contributed by atoms with Crippen molar-refractivity contribution in [2.45, 2.75) is 238 Å². The minimum atomic E-state index is -0.749. The topological polar surface area (TPSA) is 105 Å². The smallest absolute Gasteiger partial charge is 0.305 e. The van der Waals surface area contributed by atoms with E-state index in [1.165, 1.54) is 148 Å². The Hall–Kier alpha value is -1.63. The Bertz CT molecular complexity index is 747. The Balaban J connectivity index is 3.38. The van der Waals surface area contributed by atoms with Gasteiger partial charge in [-0.05, 0) is 25.7 Å². The summed E-state index contributed by atoms with van der Waals surface area (Å²) in [5, 5.41) is 15.8. The average molecular weight is 709 g/mol. The van der Waals surface area contributed by atoms with E-state index in [1.807, 2.05) is 0 Å². The molecule has 0 heterocycles. The zero-order chi connectivity index (χ0) is 36.6. The molecule has 0 bridgehead atoms. The summed E-state index contributed by atoms with van der Waals surface area (Å²) in [5.74, 6) is -0.0477. The van der Waals surface area contributed by atoms with Gasteiger partial charge >= 0.3 is 5.97 Å². The maximum Gasteiger partial charge on any atom is 0.305 e. The number of aliphatic hydroxyl groups excluding tert-OH is 1. The molecule has 2 amide bonds. The molecule has 0 saturated heterocycles. The van der Waals surface area contributed by atoms with Crippen LogP contribution in [0.4, 0.5) is 0 Å². The van der Waals surface area contributed by atoms with Gasteiger partial charge in [-0.3, -0.25) is 14.4 Å². The highest BCUT2D eigenvalue weighted by molar-refractivity contribution is 5.76. The van der Waals surface area contributed by atoms with Crippen LogP contribution in [0.5, 0.6) is 0 Å². The molecule has 0 rings (SSSR count). The van der Waals surface area contributed by atoms with Crippen LogP contribution in [0.15, 0.2) is 0 Å². The molecule has 7 heteroatoms. The number of esters is 1. The quantitative estimate of drug-likeness (QED) is 0.0434. The van der Waals surface area contributed by atoms with E-state index in [-0.39, 0.29) is 30.9 Å². The third kappa shape index (κ3) is 39.2. The van der Waals surface area contributed by atoms with Crippen molar-refractivity contribution in [1.29, 1.82) is 0 Å². The van der Waals surface area contributed by atoms with E-state index in [1.54, 1.807) is 0 Å². The molecule has 1 atom stereocenters. The molecule has 0 aromatic carbocycles. The van der Waals surface area contributed by atoms with E-state index in [0.29, 0.717) is 25.9 Å². The second-order valence-electron chi connectivity index (χ2n) is 15.0. The fourth-order valence-corrected chi connectivity index (χ4v) is 6.48. The van der Waals surface area contributed by atoms with Crippen LogP contribution < -0.4 is 10.6 Å². The van der Waals surface area contributed by atoms with Gasteiger partial charge in [0.15, 0.2) is 0 Å². The summed E-state index contributed by atoms with van der Waals surface area (Å²) >= 11 is 0. The van der Waals surface area contributed by atoms with Crippen molar-refractivity contribution in [2.24, 2.45) is 0 Å². The van der Waals surface area contributed by atoms with Gasteiger partial charge in [-0.1, -0.05) is 187 Å². The maximum absolute atomic E-state index is 12.1. The summed E-state index contributed by atoms with van der Waals surface area (Å²) in [5.41, 5.74) is 0. The van der Waals surface area contributed by atoms with Crippen LogP contribution in [0.25, 0.3) is 0 Å². The number of amides is 2. The number of unbranched alkanes of at least 4 members (excludes halogenated alkanes) is 28. The molecule has 0 aliphatic carbocycles. The van der Waals surface area contributed by atoms with Crippen molar-refractivity contribution >= 4 is 17.8 Å². The molecule has 0 spiro atoms. The van der Waals surface area contributed by atoms with Crippen LogP contribution in [0, 0.1) is 0 Å². The van der Waals surface area contributed by atoms with E-state index in [4.69, 9.17) is 4.74 Å². The first-order chi connectivity index (χ1) is 24.5. The van der Waals surface area contributed by atoms with E-state index in [0.717, 1.165) is 51.4 Å². The lowest BCUT2D eigenvalue weighted by atomic mass is 10.0. The first-order valence-corrected chi connectivity index (χ1v) is 21.9. The molecule has 3 N–H and O–H groups in total. The Morgan fingerprint density at radius 1 is 0.420 bits per heavy atom. The minimum Gasteiger partial charge on any atom is -0.466 e. The number of rotatable bonds is 40. The third-order valence-electron chi connectivity index (χ3n) is 9.87. The number of carbonyl (C=O) groups excluding carboxylic acids is 3. The van der Waals surface area contributed by atoms with Gasteiger partial charge in [0.2, 0.25) is 11.8 Å². The average Bonchev–Trinajstić information content (AvgIpc) is 3.11. The van der Waals surface area contributed by atoms with E-state index in [2.05, 4.69) is 24.5 Å². The first kappa shape index (κ1) is 48.4. The minimum absolute atomic E-state index is 0.00958. The van der Waals surface area contributed by atoms with Gasteiger partial charge < -0.3 is 20.5 Å². The molecule has 0 radical (unpaired) electrons. The van der Waals surface area contributed by atoms with Crippen LogP contribution >= 0.6 is 0 Å². The van der Waals surface area contributed by atoms with Crippen molar-refractivity contribution in [3.05, 3.63) is 0 Å². The van der Waals surface area contributed by atoms with Crippen LogP contribution in [0.2, 0.25) is 0 Å². The Morgan fingerprint density at radius 2 is 0.700 bits per heavy atom. The number of aliphatic hydroxyl groups is 1. The highest BCUT2D eigenvalue weighted by Gasteiger charge is 2.09. The molecule has 0 aliphatic heterocycles. The second-order valence-corrected chi connectivity index (χ2v) is 15.0. The second kappa shape index (κ2) is 40.1. The molecular weight excluding hydrogens is 624 g/mol. The Labute approximate surface area is 310 Å². The first-order valence-electron chi connectivity index (χ1n) is 21.9. The summed E-state index contributed by atoms with van der Waals surface area (Å²) in [7, 11) is 0. The number of hydrogen-bond acceptors (Lipinski definition) is 5. The fourth-order valence-electron chi connectivity index (χ4n) is 6.48. The van der Waals surface area contributed by atoms with E-state index in [9.17, 15) is 19.5 Å². The lowest BCUT2D eigenvalue weighted by Crippen LogP contribution is -2.39. The number of hydrogen-bond donors (Lipinski definition) is 3. The molecule has 7 nitrogen and oxygen atoms in total. The highest BCUT2D eigenvalue weighted by atomic mass is 16.5. The number of ether oxygens (including phenoxy) is 1. The van der Waals surface area contributed by atoms with Crippen molar-refractivity contribution in [1.82, 2.24) is 10.6 Å². The van der Waals surface area contributed by atoms with Gasteiger partial charge in [-0.25, -0.2) is 0 Å². The SMILES string of the molecule is CCCCCCCCCCCCCCCC(=O)NCC(O)CNC(=O)CCCCCCCCCCCCCCCOC(=O)CCCCCCC. The zero-order valence-electron chi connectivity index (χ0n) is 33.3. The standard InChI is InChI=1S/C43H84N2O5/c1-3-5-7-9-10-11-12-14-17-20-23-27-30-34-41(47)44-38-40(46)39-45-42(48)35-31-28-24-21-18-15-13-16-19-22-25-29-33-37-50-43(49)36-32-26-8-6-4-2/h40,46H,3-39H2,1-2H3,(H,44,47)(H,45,48). The monoisotopic (exact) mass is 709 g/mol. The van der Waals surface area contributed by atoms with Crippen LogP contribution in [-0.2, 0) is 19.1 Å². The predicted octanol–water partition coefficient (Wildman–Crippen LogP) is 11.4. The van der Waals surface area contributed by atoms with Gasteiger partial charge in [-0.15, -0.1) is 0 Å². The van der Waals surface area contributed by atoms with Gasteiger partial charge in [0.1, 0.15) is 0 Å². The van der Waals surface area contributed by atoms with Crippen LogP contribution in [-0.4, -0.2) is 48.7 Å². The van der Waals surface area contributed by atoms with Crippen LogP contribution in [0.3, 0.4) is 0 Å². The molecular formula is C43H84N2O5. The highest BCUT2D eigenvalue weighted by Crippen LogP contribution is 2.15. The molecule has 50 heavy (non-hydrogen) atoms. The van der Waals surface area contributed by atoms with Crippen molar-refractivity contribution in [2.75, 3.05) is 19.7 Å². The van der Waals surface area contributed by atoms with Crippen molar-refractivity contribution in [3.63, 3.8) is 0 Å². The maximum atomic E-state index is 12.1. The normalized spacial score (nSPS) is 11.8. The summed E-state index contributed by atoms with van der Waals surface area (Å²) in [6.07, 6.45) is 38.9. The summed E-state index contributed by atoms with van der Waals surface area (Å²) in [6.45, 7) is 5.43. The lowest BCUT2D eigenvalue weighted by Gasteiger charge is -2.13. The van der Waals surface area contributed by atoms with Gasteiger partial charge in [0.25, 0.3) is 0 Å². The zero-order valence-corrected chi connectivity index (χ0v) is 33.3. The number of nitrogens with one attached hydrogen (secondary N) is 2. The Kier molecular flexibility index (Phi) is 38.8. The summed E-state index contributed by atoms with van der Waals surface area (Å²) in [4.78, 5) is 35.9. The van der Waals surface area contributed by atoms with E-state index >= 15 is 0 Å². The molecule has 0 saturated carbocycles. The molecule has 296 valence electrons. The molecule has 0 fully saturated rings. The van der Waals surface area contributed by atoms with E-state index < -0.39 is 6.10 Å². The van der Waals surface area contributed by atoms with Crippen LogP contribution in [0.1, 0.15) is 232 Å². The number of carbonyl (C=O) groups is 3. The fraction of sp³-hybridized carbons (Fsp3) is 0.930. The van der Waals surface area contributed by atoms with Gasteiger partial charge in [0.05, 0.1) is 12.7 Å². The largest absolute Gasteiger partial charge is 0.466 e. The summed E-state index contributed by atoms with van der Waals surface area (Å²) in [6, 6.07) is 0. The van der Waals surface area contributed by atoms with Gasteiger partial charge in [-0.2, -0.15) is 0 Å². The lowest BCUT2D eigenvalue weighted by molar-refractivity contribution is -0.144. The molecule has 0 aromatic rings. The Morgan fingerprint density at radius 3 is 1.04 bits per heavy atom. The van der Waals surface area contributed by atoms with Gasteiger partial charge in [0, 0.05) is 32.4 Å². The van der Waals surface area contributed by atoms with Crippen molar-refractivity contribution in [3.8, 4) is 0 Å². The molecule has 0 aliphatic rings. The predicted molar refractivity (Wildman–Crippen MR) is 211 cm³/mol. The van der Waals surface area contributed by atoms with Crippen molar-refractivity contribution < 1.29 is 24.2 Å². The molecule has 0 aromatic heterocycles. The molecule has 1 unspecified atom stereocenters. The third-order valence-corrected chi connectivity index (χ3v) is 9.87.